The Balaban J connectivity index is 1.58. The zero-order valence-electron chi connectivity index (χ0n) is 19.5. The average molecular weight is 566 g/mol. The van der Waals surface area contributed by atoms with Gasteiger partial charge in [0.25, 0.3) is 17.5 Å². The Morgan fingerprint density at radius 3 is 2.43 bits per heavy atom. The summed E-state index contributed by atoms with van der Waals surface area (Å²) in [5.74, 6) is -0.781. The Morgan fingerprint density at radius 2 is 1.76 bits per heavy atom. The van der Waals surface area contributed by atoms with E-state index in [-0.39, 0.29) is 17.9 Å². The van der Waals surface area contributed by atoms with Crippen LogP contribution in [0.5, 0.6) is 11.5 Å². The van der Waals surface area contributed by atoms with Gasteiger partial charge >= 0.3 is 6.03 Å². The van der Waals surface area contributed by atoms with Crippen LogP contribution in [0.15, 0.2) is 76.8 Å². The highest BCUT2D eigenvalue weighted by Gasteiger charge is 2.36. The summed E-state index contributed by atoms with van der Waals surface area (Å²) in [6.45, 7) is 2.27. The van der Waals surface area contributed by atoms with E-state index < -0.39 is 22.8 Å². The number of hydrogen-bond donors (Lipinski definition) is 1. The smallest absolute Gasteiger partial charge is 0.335 e. The molecule has 0 spiro atoms. The summed E-state index contributed by atoms with van der Waals surface area (Å²) in [5, 5.41) is 13.0. The Hall–Kier alpha value is -4.51. The third-order valence-corrected chi connectivity index (χ3v) is 5.78. The first kappa shape index (κ1) is 25.6. The minimum absolute atomic E-state index is 0.0161. The number of carbonyl (C=O) groups is 3. The molecule has 0 radical (unpaired) electrons. The van der Waals surface area contributed by atoms with Crippen molar-refractivity contribution in [1.29, 1.82) is 0 Å². The molecule has 3 aromatic carbocycles. The third-order valence-electron chi connectivity index (χ3n) is 5.29. The first-order chi connectivity index (χ1) is 17.8. The van der Waals surface area contributed by atoms with Crippen molar-refractivity contribution in [3.05, 3.63) is 98.0 Å². The number of nitrogens with zero attached hydrogens (tertiary/aromatic N) is 2. The first-order valence-corrected chi connectivity index (χ1v) is 11.9. The summed E-state index contributed by atoms with van der Waals surface area (Å²) in [6, 6.07) is 16.6. The lowest BCUT2D eigenvalue weighted by molar-refractivity contribution is -0.384. The molecular weight excluding hydrogens is 546 g/mol. The number of ether oxygens (including phenoxy) is 2. The maximum atomic E-state index is 13.1. The minimum Gasteiger partial charge on any atom is -0.490 e. The molecule has 4 amide bonds. The van der Waals surface area contributed by atoms with E-state index in [1.165, 1.54) is 18.2 Å². The molecule has 3 aromatic rings. The van der Waals surface area contributed by atoms with E-state index in [0.29, 0.717) is 33.8 Å². The molecule has 0 atom stereocenters. The lowest BCUT2D eigenvalue weighted by Crippen LogP contribution is -2.54. The molecule has 1 N–H and O–H groups in total. The molecule has 0 bridgehead atoms. The number of nitrogens with one attached hydrogen (secondary N) is 1. The normalized spacial score (nSPS) is 14.5. The van der Waals surface area contributed by atoms with Crippen LogP contribution in [0.1, 0.15) is 18.1 Å². The molecule has 188 valence electrons. The fourth-order valence-corrected chi connectivity index (χ4v) is 3.94. The lowest BCUT2D eigenvalue weighted by Gasteiger charge is -2.26. The topological polar surface area (TPSA) is 128 Å². The highest BCUT2D eigenvalue weighted by molar-refractivity contribution is 9.10. The van der Waals surface area contributed by atoms with E-state index in [0.717, 1.165) is 10.5 Å². The van der Waals surface area contributed by atoms with Crippen LogP contribution in [0, 0.1) is 10.1 Å². The number of non-ortho nitro benzene ring substituents is 1. The molecule has 0 saturated carbocycles. The second-order valence-electron chi connectivity index (χ2n) is 7.79. The molecule has 4 rings (SSSR count). The monoisotopic (exact) mass is 565 g/mol. The number of hydrogen-bond acceptors (Lipinski definition) is 7. The second-order valence-corrected chi connectivity index (χ2v) is 8.70. The average Bonchev–Trinajstić information content (AvgIpc) is 2.86. The van der Waals surface area contributed by atoms with E-state index in [9.17, 15) is 24.5 Å². The number of imide groups is 2. The van der Waals surface area contributed by atoms with Gasteiger partial charge in [0.05, 0.1) is 17.2 Å². The van der Waals surface area contributed by atoms with Gasteiger partial charge in [-0.15, -0.1) is 0 Å². The fourth-order valence-electron chi connectivity index (χ4n) is 3.55. The number of anilines is 1. The standard InChI is InChI=1S/C26H20BrN3O7/c1-2-36-23-13-17(8-11-22(23)37-15-16-6-9-19(10-7-16)30(34)35)12-21-24(31)28-26(33)29(25(21)32)20-5-3-4-18(27)14-20/h3-14H,2,15H2,1H3,(H,28,31,33)/b21-12+. The van der Waals surface area contributed by atoms with Gasteiger partial charge in [0.2, 0.25) is 0 Å². The van der Waals surface area contributed by atoms with E-state index >= 15 is 0 Å². The summed E-state index contributed by atoms with van der Waals surface area (Å²) in [6.07, 6.45) is 1.37. The van der Waals surface area contributed by atoms with Gasteiger partial charge in [-0.2, -0.15) is 0 Å². The Bertz CT molecular complexity index is 1420. The fraction of sp³-hybridized carbons (Fsp3) is 0.115. The molecule has 1 heterocycles. The molecule has 10 nitrogen and oxygen atoms in total. The van der Waals surface area contributed by atoms with Crippen molar-refractivity contribution >= 4 is 51.2 Å². The summed E-state index contributed by atoms with van der Waals surface area (Å²) in [5.41, 5.74) is 1.27. The van der Waals surface area contributed by atoms with Gasteiger partial charge in [0.1, 0.15) is 12.2 Å². The Kier molecular flexibility index (Phi) is 7.63. The Labute approximate surface area is 219 Å². The van der Waals surface area contributed by atoms with Crippen LogP contribution in [0.2, 0.25) is 0 Å². The molecule has 1 saturated heterocycles. The number of halogens is 1. The predicted octanol–water partition coefficient (Wildman–Crippen LogP) is 5.00. The van der Waals surface area contributed by atoms with Gasteiger partial charge in [-0.1, -0.05) is 28.1 Å². The van der Waals surface area contributed by atoms with Crippen LogP contribution in [-0.4, -0.2) is 29.4 Å². The molecule has 0 unspecified atom stereocenters. The van der Waals surface area contributed by atoms with E-state index in [2.05, 4.69) is 21.2 Å². The molecule has 1 aliphatic heterocycles. The molecule has 11 heteroatoms. The van der Waals surface area contributed by atoms with Crippen molar-refractivity contribution < 1.29 is 28.8 Å². The van der Waals surface area contributed by atoms with E-state index in [1.807, 2.05) is 0 Å². The van der Waals surface area contributed by atoms with Crippen LogP contribution < -0.4 is 19.7 Å². The van der Waals surface area contributed by atoms with Gasteiger partial charge in [-0.05, 0) is 66.6 Å². The largest absolute Gasteiger partial charge is 0.490 e. The number of nitro benzene ring substituents is 1. The minimum atomic E-state index is -0.838. The third kappa shape index (κ3) is 5.84. The quantitative estimate of drug-likeness (QED) is 0.176. The van der Waals surface area contributed by atoms with Crippen molar-refractivity contribution in [3.8, 4) is 11.5 Å². The summed E-state index contributed by atoms with van der Waals surface area (Å²) in [4.78, 5) is 49.3. The maximum absolute atomic E-state index is 13.1. The van der Waals surface area contributed by atoms with Crippen molar-refractivity contribution in [2.75, 3.05) is 11.5 Å². The highest BCUT2D eigenvalue weighted by atomic mass is 79.9. The number of nitro groups is 1. The summed E-state index contributed by atoms with van der Waals surface area (Å²) in [7, 11) is 0. The predicted molar refractivity (Wildman–Crippen MR) is 138 cm³/mol. The first-order valence-electron chi connectivity index (χ1n) is 11.1. The van der Waals surface area contributed by atoms with Crippen LogP contribution in [-0.2, 0) is 16.2 Å². The molecule has 1 fully saturated rings. The summed E-state index contributed by atoms with van der Waals surface area (Å²) < 4.78 is 12.2. The van der Waals surface area contributed by atoms with Gasteiger partial charge in [0.15, 0.2) is 11.5 Å². The number of urea groups is 1. The number of rotatable bonds is 8. The lowest BCUT2D eigenvalue weighted by atomic mass is 10.1. The molecule has 0 aromatic heterocycles. The molecular formula is C26H20BrN3O7. The Morgan fingerprint density at radius 1 is 1.00 bits per heavy atom. The number of amides is 4. The van der Waals surface area contributed by atoms with Crippen LogP contribution in [0.3, 0.4) is 0 Å². The highest BCUT2D eigenvalue weighted by Crippen LogP contribution is 2.31. The zero-order chi connectivity index (χ0) is 26.5. The molecule has 0 aliphatic carbocycles. The van der Waals surface area contributed by atoms with E-state index in [1.54, 1.807) is 61.5 Å². The molecule has 1 aliphatic rings. The van der Waals surface area contributed by atoms with Crippen molar-refractivity contribution in [2.24, 2.45) is 0 Å². The number of barbiturate groups is 1. The van der Waals surface area contributed by atoms with Crippen LogP contribution in [0.25, 0.3) is 6.08 Å². The molecule has 37 heavy (non-hydrogen) atoms. The van der Waals surface area contributed by atoms with Crippen molar-refractivity contribution in [2.45, 2.75) is 13.5 Å². The SMILES string of the molecule is CCOc1cc(/C=C2\C(=O)NC(=O)N(c3cccc(Br)c3)C2=O)ccc1OCc1ccc([N+](=O)[O-])cc1. The van der Waals surface area contributed by atoms with Gasteiger partial charge < -0.3 is 9.47 Å². The van der Waals surface area contributed by atoms with Gasteiger partial charge in [0, 0.05) is 16.6 Å². The van der Waals surface area contributed by atoms with Gasteiger partial charge in [-0.3, -0.25) is 25.0 Å². The maximum Gasteiger partial charge on any atom is 0.335 e. The number of benzene rings is 3. The van der Waals surface area contributed by atoms with E-state index in [4.69, 9.17) is 9.47 Å². The van der Waals surface area contributed by atoms with Crippen LogP contribution >= 0.6 is 15.9 Å². The second kappa shape index (κ2) is 11.0. The van der Waals surface area contributed by atoms with Crippen molar-refractivity contribution in [3.63, 3.8) is 0 Å². The zero-order valence-corrected chi connectivity index (χ0v) is 21.1. The van der Waals surface area contributed by atoms with Crippen molar-refractivity contribution in [1.82, 2.24) is 5.32 Å². The van der Waals surface area contributed by atoms with Gasteiger partial charge in [-0.25, -0.2) is 9.69 Å². The van der Waals surface area contributed by atoms with Crippen LogP contribution in [0.4, 0.5) is 16.2 Å². The number of carbonyl (C=O) groups excluding carboxylic acids is 3. The summed E-state index contributed by atoms with van der Waals surface area (Å²) >= 11 is 3.31.